The largest absolute Gasteiger partial charge is 0.326 e. The van der Waals surface area contributed by atoms with Crippen LogP contribution in [0.4, 0.5) is 0 Å². The van der Waals surface area contributed by atoms with E-state index in [1.165, 1.54) is 0 Å². The van der Waals surface area contributed by atoms with Crippen LogP contribution in [-0.2, 0) is 6.54 Å². The van der Waals surface area contributed by atoms with Crippen LogP contribution >= 0.6 is 11.6 Å². The molecule has 1 N–H and O–H groups in total. The van der Waals surface area contributed by atoms with Gasteiger partial charge in [0.15, 0.2) is 0 Å². The van der Waals surface area contributed by atoms with Gasteiger partial charge in [0.25, 0.3) is 0 Å². The number of hydrogen-bond donors (Lipinski definition) is 1. The highest BCUT2D eigenvalue weighted by Crippen LogP contribution is 2.20. The number of imidazole rings is 1. The van der Waals surface area contributed by atoms with Gasteiger partial charge in [0.1, 0.15) is 0 Å². The Morgan fingerprint density at radius 1 is 1.44 bits per heavy atom. The Kier molecular flexibility index (Phi) is 3.03. The average molecular weight is 240 g/mol. The predicted octanol–water partition coefficient (Wildman–Crippen LogP) is 1.54. The highest BCUT2D eigenvalue weighted by molar-refractivity contribution is 6.34. The van der Waals surface area contributed by atoms with Crippen molar-refractivity contribution in [2.45, 2.75) is 6.54 Å². The van der Waals surface area contributed by atoms with E-state index in [1.807, 2.05) is 31.1 Å². The monoisotopic (exact) mass is 239 g/mol. The first kappa shape index (κ1) is 11.2. The number of benzene rings is 1. The number of likely N-dealkylation sites (N-methyl/N-ethyl adjacent to an activating group) is 1. The van der Waals surface area contributed by atoms with Gasteiger partial charge in [-0.2, -0.15) is 0 Å². The lowest BCUT2D eigenvalue weighted by atomic mass is 10.3. The van der Waals surface area contributed by atoms with E-state index in [4.69, 9.17) is 11.6 Å². The lowest BCUT2D eigenvalue weighted by Gasteiger charge is -2.10. The van der Waals surface area contributed by atoms with Crippen molar-refractivity contribution in [3.8, 4) is 0 Å². The fourth-order valence-electron chi connectivity index (χ4n) is 1.69. The number of aromatic nitrogens is 2. The molecule has 5 heteroatoms. The molecule has 4 nitrogen and oxygen atoms in total. The van der Waals surface area contributed by atoms with Gasteiger partial charge in [0.2, 0.25) is 0 Å². The lowest BCUT2D eigenvalue weighted by molar-refractivity contribution is 0.384. The van der Waals surface area contributed by atoms with E-state index in [0.717, 1.165) is 17.6 Å². The van der Waals surface area contributed by atoms with Crippen LogP contribution in [0.5, 0.6) is 0 Å². The van der Waals surface area contributed by atoms with Crippen molar-refractivity contribution in [1.29, 1.82) is 0 Å². The van der Waals surface area contributed by atoms with Gasteiger partial charge in [-0.3, -0.25) is 4.57 Å². The van der Waals surface area contributed by atoms with Gasteiger partial charge in [-0.05, 0) is 26.2 Å². The minimum Gasteiger partial charge on any atom is -0.308 e. The number of nitrogens with one attached hydrogen (secondary N) is 1. The molecule has 2 aromatic rings. The summed E-state index contributed by atoms with van der Waals surface area (Å²) in [6, 6.07) is 5.48. The molecule has 0 aliphatic heterocycles. The first-order valence-electron chi connectivity index (χ1n) is 5.11. The summed E-state index contributed by atoms with van der Waals surface area (Å²) in [7, 11) is 3.95. The van der Waals surface area contributed by atoms with Crippen LogP contribution in [0.25, 0.3) is 11.0 Å². The van der Waals surface area contributed by atoms with Crippen molar-refractivity contribution in [2.75, 3.05) is 20.6 Å². The minimum atomic E-state index is -0.107. The van der Waals surface area contributed by atoms with Gasteiger partial charge in [-0.25, -0.2) is 4.79 Å². The van der Waals surface area contributed by atoms with Gasteiger partial charge in [-0.1, -0.05) is 17.7 Å². The molecule has 0 aliphatic carbocycles. The topological polar surface area (TPSA) is 41.0 Å². The minimum absolute atomic E-state index is 0.107. The number of nitrogens with zero attached hydrogens (tertiary/aromatic N) is 2. The zero-order valence-electron chi connectivity index (χ0n) is 9.33. The van der Waals surface area contributed by atoms with Gasteiger partial charge in [0, 0.05) is 13.1 Å². The molecule has 0 unspecified atom stereocenters. The third-order valence-corrected chi connectivity index (χ3v) is 2.82. The fraction of sp³-hybridized carbons (Fsp3) is 0.364. The van der Waals surface area contributed by atoms with Crippen LogP contribution in [0.3, 0.4) is 0 Å². The molecule has 1 heterocycles. The Balaban J connectivity index is 2.51. The van der Waals surface area contributed by atoms with Crippen LogP contribution in [-0.4, -0.2) is 35.1 Å². The first-order chi connectivity index (χ1) is 7.59. The zero-order valence-corrected chi connectivity index (χ0v) is 10.1. The number of halogens is 1. The van der Waals surface area contributed by atoms with Gasteiger partial charge >= 0.3 is 5.69 Å². The second-order valence-electron chi connectivity index (χ2n) is 4.02. The van der Waals surface area contributed by atoms with Crippen LogP contribution in [0.15, 0.2) is 23.0 Å². The molecule has 0 bridgehead atoms. The molecule has 1 aromatic heterocycles. The van der Waals surface area contributed by atoms with Crippen molar-refractivity contribution in [2.24, 2.45) is 0 Å². The Labute approximate surface area is 98.4 Å². The van der Waals surface area contributed by atoms with E-state index >= 15 is 0 Å². The SMILES string of the molecule is CN(C)CCn1c(=O)[nH]c2cccc(Cl)c21. The maximum absolute atomic E-state index is 11.7. The molecule has 1 aromatic carbocycles. The summed E-state index contributed by atoms with van der Waals surface area (Å²) in [6.45, 7) is 1.44. The molecule has 86 valence electrons. The molecule has 0 amide bonds. The van der Waals surface area contributed by atoms with Crippen LogP contribution < -0.4 is 5.69 Å². The standard InChI is InChI=1S/C11H14ClN3O/c1-14(2)6-7-15-10-8(12)4-3-5-9(10)13-11(15)16/h3-5H,6-7H2,1-2H3,(H,13,16). The second kappa shape index (κ2) is 4.31. The second-order valence-corrected chi connectivity index (χ2v) is 4.43. The molecule has 2 rings (SSSR count). The summed E-state index contributed by atoms with van der Waals surface area (Å²) >= 11 is 6.10. The van der Waals surface area contributed by atoms with E-state index in [9.17, 15) is 4.79 Å². The summed E-state index contributed by atoms with van der Waals surface area (Å²) in [5.74, 6) is 0. The van der Waals surface area contributed by atoms with Crippen LogP contribution in [0, 0.1) is 0 Å². The smallest absolute Gasteiger partial charge is 0.308 e. The highest BCUT2D eigenvalue weighted by Gasteiger charge is 2.09. The van der Waals surface area contributed by atoms with Crippen molar-refractivity contribution in [3.63, 3.8) is 0 Å². The Morgan fingerprint density at radius 2 is 2.19 bits per heavy atom. The molecular formula is C11H14ClN3O. The van der Waals surface area contributed by atoms with Crippen molar-refractivity contribution >= 4 is 22.6 Å². The molecule has 0 saturated carbocycles. The number of aromatic amines is 1. The van der Waals surface area contributed by atoms with Crippen molar-refractivity contribution in [3.05, 3.63) is 33.7 Å². The maximum Gasteiger partial charge on any atom is 0.326 e. The number of fused-ring (bicyclic) bond motifs is 1. The number of hydrogen-bond acceptors (Lipinski definition) is 2. The summed E-state index contributed by atoms with van der Waals surface area (Å²) in [4.78, 5) is 16.6. The Hall–Kier alpha value is -1.26. The van der Waals surface area contributed by atoms with Crippen molar-refractivity contribution in [1.82, 2.24) is 14.5 Å². The van der Waals surface area contributed by atoms with E-state index in [1.54, 1.807) is 10.6 Å². The van der Waals surface area contributed by atoms with E-state index < -0.39 is 0 Å². The summed E-state index contributed by atoms with van der Waals surface area (Å²) in [5, 5.41) is 0.606. The average Bonchev–Trinajstić information content (AvgIpc) is 2.52. The number of para-hydroxylation sites is 1. The number of H-pyrrole nitrogens is 1. The molecule has 0 atom stereocenters. The quantitative estimate of drug-likeness (QED) is 0.883. The third-order valence-electron chi connectivity index (χ3n) is 2.51. The lowest BCUT2D eigenvalue weighted by Crippen LogP contribution is -2.24. The Bertz CT molecular complexity index is 556. The van der Waals surface area contributed by atoms with E-state index in [-0.39, 0.29) is 5.69 Å². The summed E-state index contributed by atoms with van der Waals surface area (Å²) < 4.78 is 1.68. The molecule has 0 fully saturated rings. The predicted molar refractivity (Wildman–Crippen MR) is 66.1 cm³/mol. The summed E-state index contributed by atoms with van der Waals surface area (Å²) in [5.41, 5.74) is 1.47. The first-order valence-corrected chi connectivity index (χ1v) is 5.49. The molecule has 0 spiro atoms. The number of rotatable bonds is 3. The van der Waals surface area contributed by atoms with E-state index in [2.05, 4.69) is 4.98 Å². The zero-order chi connectivity index (χ0) is 11.7. The van der Waals surface area contributed by atoms with Gasteiger partial charge in [0.05, 0.1) is 16.1 Å². The van der Waals surface area contributed by atoms with Crippen molar-refractivity contribution < 1.29 is 0 Å². The maximum atomic E-state index is 11.7. The van der Waals surface area contributed by atoms with Crippen LogP contribution in [0.2, 0.25) is 5.02 Å². The summed E-state index contributed by atoms with van der Waals surface area (Å²) in [6.07, 6.45) is 0. The fourth-order valence-corrected chi connectivity index (χ4v) is 1.96. The van der Waals surface area contributed by atoms with Crippen LogP contribution in [0.1, 0.15) is 0 Å². The molecule has 16 heavy (non-hydrogen) atoms. The normalized spacial score (nSPS) is 11.5. The van der Waals surface area contributed by atoms with Gasteiger partial charge in [-0.15, -0.1) is 0 Å². The molecule has 0 aliphatic rings. The van der Waals surface area contributed by atoms with Gasteiger partial charge < -0.3 is 9.88 Å². The highest BCUT2D eigenvalue weighted by atomic mass is 35.5. The molecule has 0 saturated heterocycles. The third kappa shape index (κ3) is 1.99. The molecule has 0 radical (unpaired) electrons. The molecular weight excluding hydrogens is 226 g/mol. The van der Waals surface area contributed by atoms with E-state index in [0.29, 0.717) is 11.6 Å². The Morgan fingerprint density at radius 3 is 2.88 bits per heavy atom.